The number of hydrogen-bond acceptors (Lipinski definition) is 2. The molecule has 0 aliphatic heterocycles. The number of pyridine rings is 2. The monoisotopic (exact) mass is 1300 g/mol. The lowest BCUT2D eigenvalue weighted by atomic mass is 9.96. The van der Waals surface area contributed by atoms with Crippen LogP contribution in [0.1, 0.15) is 11.1 Å². The number of aromatic nitrogens is 6. The molecular weight excluding hydrogens is 1240 g/mol. The standard InChI is InChI=1S/C96H64N6/c1-61-51-62(2)53-75(52-61)92-93(99-84-36-22-21-35-76(84)83-60-97-50-49-91(83)99)95(101-87-45-39-71(65-27-13-5-14-28-65)56-79(87)80-57-72(40-46-88(80)101)66-29-15-6-16-30-66)98-96(102-89-47-41-73(67-31-17-7-18-32-67)58-81(89)82-59-74(42-48-90(82)102)68-33-19-8-20-34-68)94(92)100-85-43-37-69(63-23-9-3-10-24-63)54-77(85)78-55-70(38-44-86(78)100)64-25-11-4-12-26-64/h3-60H,1-2H3. The molecule has 102 heavy (non-hydrogen) atoms. The Kier molecular flexibility index (Phi) is 13.6. The molecule has 0 spiro atoms. The van der Waals surface area contributed by atoms with Crippen LogP contribution >= 0.6 is 0 Å². The zero-order chi connectivity index (χ0) is 67.5. The number of hydrogen-bond donors (Lipinski definition) is 0. The van der Waals surface area contributed by atoms with Crippen molar-refractivity contribution in [3.63, 3.8) is 0 Å². The number of aryl methyl sites for hydroxylation is 2. The molecule has 20 aromatic rings. The smallest absolute Gasteiger partial charge is 0.165 e. The molecule has 14 aromatic carbocycles. The van der Waals surface area contributed by atoms with E-state index in [0.29, 0.717) is 0 Å². The van der Waals surface area contributed by atoms with Crippen molar-refractivity contribution in [2.75, 3.05) is 0 Å². The van der Waals surface area contributed by atoms with Gasteiger partial charge in [0.05, 0.1) is 44.1 Å². The van der Waals surface area contributed by atoms with E-state index in [2.05, 4.69) is 372 Å². The van der Waals surface area contributed by atoms with Gasteiger partial charge in [0.2, 0.25) is 0 Å². The lowest BCUT2D eigenvalue weighted by Crippen LogP contribution is -2.16. The molecule has 6 heterocycles. The highest BCUT2D eigenvalue weighted by molar-refractivity contribution is 6.18. The van der Waals surface area contributed by atoms with Crippen molar-refractivity contribution < 1.29 is 0 Å². The predicted molar refractivity (Wildman–Crippen MR) is 427 cm³/mol. The van der Waals surface area contributed by atoms with Crippen LogP contribution in [0.2, 0.25) is 0 Å². The average Bonchev–Trinajstić information content (AvgIpc) is 1.50. The van der Waals surface area contributed by atoms with Crippen LogP contribution in [0.4, 0.5) is 0 Å². The molecule has 478 valence electrons. The summed E-state index contributed by atoms with van der Waals surface area (Å²) in [4.78, 5) is 11.6. The summed E-state index contributed by atoms with van der Waals surface area (Å²) in [5, 5.41) is 8.86. The van der Waals surface area contributed by atoms with Crippen LogP contribution in [0.25, 0.3) is 188 Å². The molecule has 0 fully saturated rings. The minimum atomic E-state index is 0.762. The summed E-state index contributed by atoms with van der Waals surface area (Å²) in [6, 6.07) is 125. The summed E-state index contributed by atoms with van der Waals surface area (Å²) in [6.07, 6.45) is 3.98. The second-order valence-electron chi connectivity index (χ2n) is 27.0. The fourth-order valence-corrected chi connectivity index (χ4v) is 16.4. The van der Waals surface area contributed by atoms with Crippen molar-refractivity contribution in [1.29, 1.82) is 0 Å². The number of benzene rings is 14. The molecule has 0 radical (unpaired) electrons. The molecule has 0 aliphatic carbocycles. The van der Waals surface area contributed by atoms with Crippen molar-refractivity contribution in [3.05, 3.63) is 363 Å². The average molecular weight is 1300 g/mol. The van der Waals surface area contributed by atoms with Crippen LogP contribution in [0, 0.1) is 13.8 Å². The van der Waals surface area contributed by atoms with Gasteiger partial charge in [-0.25, -0.2) is 4.98 Å². The van der Waals surface area contributed by atoms with E-state index in [4.69, 9.17) is 9.97 Å². The summed E-state index contributed by atoms with van der Waals surface area (Å²) < 4.78 is 10.1. The Morgan fingerprint density at radius 1 is 0.206 bits per heavy atom. The van der Waals surface area contributed by atoms with E-state index < -0.39 is 0 Å². The summed E-state index contributed by atoms with van der Waals surface area (Å²) in [5.41, 5.74) is 28.1. The second-order valence-corrected chi connectivity index (χ2v) is 27.0. The van der Waals surface area contributed by atoms with Crippen LogP contribution in [0.15, 0.2) is 352 Å². The second kappa shape index (κ2) is 23.7. The zero-order valence-electron chi connectivity index (χ0n) is 56.2. The Morgan fingerprint density at radius 2 is 0.480 bits per heavy atom. The van der Waals surface area contributed by atoms with E-state index in [9.17, 15) is 0 Å². The highest BCUT2D eigenvalue weighted by atomic mass is 15.2. The lowest BCUT2D eigenvalue weighted by molar-refractivity contribution is 0.961. The van der Waals surface area contributed by atoms with Gasteiger partial charge in [-0.15, -0.1) is 0 Å². The Balaban J connectivity index is 1.04. The molecule has 0 aliphatic rings. The van der Waals surface area contributed by atoms with Crippen molar-refractivity contribution in [3.8, 4) is 101 Å². The molecule has 0 N–H and O–H groups in total. The normalized spacial score (nSPS) is 11.8. The van der Waals surface area contributed by atoms with E-state index in [1.807, 2.05) is 12.4 Å². The molecule has 0 saturated carbocycles. The maximum atomic E-state index is 6.75. The van der Waals surface area contributed by atoms with Crippen LogP contribution in [-0.4, -0.2) is 28.2 Å². The Morgan fingerprint density at radius 3 is 0.804 bits per heavy atom. The van der Waals surface area contributed by atoms with Gasteiger partial charge in [-0.05, 0) is 171 Å². The van der Waals surface area contributed by atoms with E-state index in [1.165, 1.54) is 0 Å². The Bertz CT molecular complexity index is 6360. The van der Waals surface area contributed by atoms with Gasteiger partial charge in [-0.2, -0.15) is 0 Å². The SMILES string of the molecule is Cc1cc(C)cc(-c2c(-n3c4ccccc4c4cnccc43)c(-n3c4ccc(-c5ccccc5)cc4c4cc(-c5ccccc5)ccc43)nc(-n3c4ccc(-c5ccccc5)cc4c4cc(-c5ccccc5)ccc43)c2-n2c3ccc(-c4ccccc4)cc3c3cc(-c4ccccc4)ccc32)c1. The fraction of sp³-hybridized carbons (Fsp3) is 0.0208. The maximum Gasteiger partial charge on any atom is 0.165 e. The van der Waals surface area contributed by atoms with Crippen molar-refractivity contribution in [2.45, 2.75) is 13.8 Å². The topological polar surface area (TPSA) is 45.5 Å². The van der Waals surface area contributed by atoms with Gasteiger partial charge in [0.15, 0.2) is 11.6 Å². The van der Waals surface area contributed by atoms with Gasteiger partial charge in [0, 0.05) is 61.0 Å². The van der Waals surface area contributed by atoms with Crippen molar-refractivity contribution in [2.24, 2.45) is 0 Å². The number of rotatable bonds is 11. The van der Waals surface area contributed by atoms with Crippen molar-refractivity contribution >= 4 is 87.2 Å². The first kappa shape index (κ1) is 58.7. The molecule has 6 aromatic heterocycles. The van der Waals surface area contributed by atoms with E-state index in [1.54, 1.807) is 0 Å². The zero-order valence-corrected chi connectivity index (χ0v) is 56.2. The minimum Gasteiger partial charge on any atom is -0.305 e. The van der Waals surface area contributed by atoms with Gasteiger partial charge in [0.25, 0.3) is 0 Å². The molecule has 20 rings (SSSR count). The summed E-state index contributed by atoms with van der Waals surface area (Å²) >= 11 is 0. The van der Waals surface area contributed by atoms with Crippen LogP contribution in [0.3, 0.4) is 0 Å². The summed E-state index contributed by atoms with van der Waals surface area (Å²) in [6.45, 7) is 4.48. The summed E-state index contributed by atoms with van der Waals surface area (Å²) in [7, 11) is 0. The van der Waals surface area contributed by atoms with Gasteiger partial charge >= 0.3 is 0 Å². The van der Waals surface area contributed by atoms with Crippen LogP contribution < -0.4 is 0 Å². The highest BCUT2D eigenvalue weighted by Crippen LogP contribution is 2.51. The highest BCUT2D eigenvalue weighted by Gasteiger charge is 2.34. The minimum absolute atomic E-state index is 0.762. The maximum absolute atomic E-state index is 6.75. The van der Waals surface area contributed by atoms with Crippen molar-refractivity contribution in [1.82, 2.24) is 28.2 Å². The van der Waals surface area contributed by atoms with Gasteiger partial charge in [-0.1, -0.05) is 266 Å². The third kappa shape index (κ3) is 9.48. The quantitative estimate of drug-likeness (QED) is 0.130. The van der Waals surface area contributed by atoms with E-state index in [0.717, 1.165) is 199 Å². The summed E-state index contributed by atoms with van der Waals surface area (Å²) in [5.74, 6) is 1.53. The number of fused-ring (bicyclic) bond motifs is 12. The number of nitrogens with zero attached hydrogens (tertiary/aromatic N) is 6. The van der Waals surface area contributed by atoms with Crippen LogP contribution in [-0.2, 0) is 0 Å². The van der Waals surface area contributed by atoms with E-state index >= 15 is 0 Å². The molecule has 0 atom stereocenters. The fourth-order valence-electron chi connectivity index (χ4n) is 16.4. The molecule has 0 unspecified atom stereocenters. The molecule has 6 heteroatoms. The lowest BCUT2D eigenvalue weighted by Gasteiger charge is -2.27. The molecular formula is C96H64N6. The van der Waals surface area contributed by atoms with E-state index in [-0.39, 0.29) is 0 Å². The Hall–Kier alpha value is -13.4. The molecule has 0 saturated heterocycles. The third-order valence-electron chi connectivity index (χ3n) is 20.9. The Labute approximate surface area is 589 Å². The van der Waals surface area contributed by atoms with Gasteiger partial charge in [0.1, 0.15) is 11.4 Å². The number of para-hydroxylation sites is 1. The van der Waals surface area contributed by atoms with Gasteiger partial charge < -0.3 is 9.13 Å². The molecule has 0 amide bonds. The third-order valence-corrected chi connectivity index (χ3v) is 20.9. The first-order chi connectivity index (χ1) is 50.4. The molecule has 0 bridgehead atoms. The first-order valence-corrected chi connectivity index (χ1v) is 35.0. The predicted octanol–water partition coefficient (Wildman–Crippen LogP) is 25.2. The van der Waals surface area contributed by atoms with Gasteiger partial charge in [-0.3, -0.25) is 14.1 Å². The molecule has 6 nitrogen and oxygen atoms in total. The largest absolute Gasteiger partial charge is 0.305 e. The first-order valence-electron chi connectivity index (χ1n) is 35.0. The van der Waals surface area contributed by atoms with Crippen LogP contribution in [0.5, 0.6) is 0 Å².